The zero-order chi connectivity index (χ0) is 19.1. The summed E-state index contributed by atoms with van der Waals surface area (Å²) in [4.78, 5) is 14.0. The van der Waals surface area contributed by atoms with Gasteiger partial charge in [-0.05, 0) is 48.9 Å². The van der Waals surface area contributed by atoms with Crippen LogP contribution in [0.4, 0.5) is 0 Å². The molecule has 2 aromatic carbocycles. The third-order valence-corrected chi connectivity index (χ3v) is 6.27. The molecule has 0 spiro atoms. The van der Waals surface area contributed by atoms with Crippen LogP contribution in [-0.2, 0) is 19.4 Å². The van der Waals surface area contributed by atoms with Gasteiger partial charge in [0.05, 0.1) is 12.1 Å². The quantitative estimate of drug-likeness (QED) is 0.714. The molecule has 144 valence electrons. The van der Waals surface area contributed by atoms with Gasteiger partial charge in [-0.3, -0.25) is 4.90 Å². The van der Waals surface area contributed by atoms with E-state index in [-0.39, 0.29) is 5.63 Å². The van der Waals surface area contributed by atoms with E-state index < -0.39 is 0 Å². The molecule has 1 unspecified atom stereocenters. The van der Waals surface area contributed by atoms with Gasteiger partial charge in [0.25, 0.3) is 0 Å². The van der Waals surface area contributed by atoms with E-state index in [1.54, 1.807) is 0 Å². The topological polar surface area (TPSA) is 43.9 Å². The zero-order valence-electron chi connectivity index (χ0n) is 16.3. The second-order valence-electron chi connectivity index (χ2n) is 8.20. The molecular weight excluding hydrogens is 350 g/mol. The third-order valence-electron chi connectivity index (χ3n) is 6.27. The molecule has 1 aliphatic carbocycles. The molecule has 3 aromatic rings. The van der Waals surface area contributed by atoms with Crippen molar-refractivity contribution in [3.63, 3.8) is 0 Å². The fourth-order valence-electron chi connectivity index (χ4n) is 4.79. The molecule has 0 bridgehead atoms. The van der Waals surface area contributed by atoms with E-state index in [4.69, 9.17) is 9.15 Å². The SMILES string of the molecule is C[C@H](C[NH+]1COc2ccc3c4c(c(=O)oc3c2C1)CCCC4)c1ccccc1. The van der Waals surface area contributed by atoms with Crippen LogP contribution in [0, 0.1) is 0 Å². The Kier molecular flexibility index (Phi) is 4.44. The van der Waals surface area contributed by atoms with Crippen molar-refractivity contribution >= 4 is 11.0 Å². The van der Waals surface area contributed by atoms with Crippen LogP contribution >= 0.6 is 0 Å². The van der Waals surface area contributed by atoms with Gasteiger partial charge in [-0.1, -0.05) is 37.3 Å². The predicted octanol–water partition coefficient (Wildman–Crippen LogP) is 3.21. The highest BCUT2D eigenvalue weighted by Gasteiger charge is 2.28. The molecular formula is C24H26NO3+. The zero-order valence-corrected chi connectivity index (χ0v) is 16.3. The Morgan fingerprint density at radius 3 is 2.61 bits per heavy atom. The molecule has 0 saturated carbocycles. The van der Waals surface area contributed by atoms with Gasteiger partial charge in [0, 0.05) is 16.9 Å². The maximum Gasteiger partial charge on any atom is 0.339 e. The normalized spacial score (nSPS) is 19.5. The number of quaternary nitrogens is 1. The van der Waals surface area contributed by atoms with Crippen molar-refractivity contribution in [3.8, 4) is 5.75 Å². The minimum absolute atomic E-state index is 0.152. The summed E-state index contributed by atoms with van der Waals surface area (Å²) in [5, 5.41) is 1.11. The lowest BCUT2D eigenvalue weighted by molar-refractivity contribution is -0.933. The maximum absolute atomic E-state index is 12.6. The summed E-state index contributed by atoms with van der Waals surface area (Å²) in [7, 11) is 0. The number of nitrogens with one attached hydrogen (secondary N) is 1. The Labute approximate surface area is 164 Å². The third kappa shape index (κ3) is 3.02. The summed E-state index contributed by atoms with van der Waals surface area (Å²) in [5.41, 5.74) is 5.07. The highest BCUT2D eigenvalue weighted by atomic mass is 16.5. The van der Waals surface area contributed by atoms with Crippen LogP contribution in [0.5, 0.6) is 5.75 Å². The molecule has 0 amide bonds. The fraction of sp³-hybridized carbons (Fsp3) is 0.375. The molecule has 0 saturated heterocycles. The van der Waals surface area contributed by atoms with E-state index in [1.807, 2.05) is 0 Å². The molecule has 0 radical (unpaired) electrons. The second-order valence-corrected chi connectivity index (χ2v) is 8.20. The highest BCUT2D eigenvalue weighted by molar-refractivity contribution is 5.86. The largest absolute Gasteiger partial charge is 0.445 e. The van der Waals surface area contributed by atoms with Gasteiger partial charge in [-0.15, -0.1) is 0 Å². The number of aryl methyl sites for hydroxylation is 1. The number of benzene rings is 2. The average molecular weight is 376 g/mol. The van der Waals surface area contributed by atoms with E-state index in [9.17, 15) is 4.79 Å². The lowest BCUT2D eigenvalue weighted by Gasteiger charge is -2.29. The van der Waals surface area contributed by atoms with E-state index >= 15 is 0 Å². The molecule has 0 fully saturated rings. The Balaban J connectivity index is 1.49. The Morgan fingerprint density at radius 1 is 1.00 bits per heavy atom. The number of hydrogen-bond acceptors (Lipinski definition) is 3. The van der Waals surface area contributed by atoms with Gasteiger partial charge in [0.15, 0.2) is 5.58 Å². The first-order valence-electron chi connectivity index (χ1n) is 10.3. The van der Waals surface area contributed by atoms with E-state index in [0.717, 1.165) is 66.6 Å². The van der Waals surface area contributed by atoms with Crippen LogP contribution in [0.15, 0.2) is 51.7 Å². The van der Waals surface area contributed by atoms with E-state index in [2.05, 4.69) is 49.4 Å². The molecule has 2 aliphatic rings. The van der Waals surface area contributed by atoms with Crippen LogP contribution in [0.1, 0.15) is 47.9 Å². The summed E-state index contributed by atoms with van der Waals surface area (Å²) in [5.74, 6) is 1.30. The summed E-state index contributed by atoms with van der Waals surface area (Å²) in [6.07, 6.45) is 4.03. The Bertz CT molecular complexity index is 1070. The van der Waals surface area contributed by atoms with Crippen molar-refractivity contribution in [3.05, 3.63) is 75.1 Å². The standard InChI is InChI=1S/C24H25NO3/c1-16(17-7-3-2-4-8-17)13-25-14-21-22(27-15-25)12-11-19-18-9-5-6-10-20(18)24(26)28-23(19)21/h2-4,7-8,11-12,16H,5-6,9-10,13-15H2,1H3/p+1/t16-/m1/s1. The molecule has 2 heterocycles. The summed E-state index contributed by atoms with van der Waals surface area (Å²) < 4.78 is 11.9. The van der Waals surface area contributed by atoms with Crippen LogP contribution in [0.25, 0.3) is 11.0 Å². The smallest absolute Gasteiger partial charge is 0.339 e. The van der Waals surface area contributed by atoms with Gasteiger partial charge in [0.1, 0.15) is 12.3 Å². The van der Waals surface area contributed by atoms with Crippen LogP contribution in [0.3, 0.4) is 0 Å². The molecule has 1 aromatic heterocycles. The van der Waals surface area contributed by atoms with Gasteiger partial charge in [-0.25, -0.2) is 4.79 Å². The molecule has 4 nitrogen and oxygen atoms in total. The molecule has 4 heteroatoms. The number of hydrogen-bond donors (Lipinski definition) is 1. The van der Waals surface area contributed by atoms with Gasteiger partial charge >= 0.3 is 5.63 Å². The van der Waals surface area contributed by atoms with Gasteiger partial charge < -0.3 is 9.15 Å². The Morgan fingerprint density at radius 2 is 1.79 bits per heavy atom. The lowest BCUT2D eigenvalue weighted by Crippen LogP contribution is -3.12. The number of rotatable bonds is 3. The van der Waals surface area contributed by atoms with Crippen molar-refractivity contribution in [2.75, 3.05) is 13.3 Å². The Hall–Kier alpha value is -2.59. The first-order chi connectivity index (χ1) is 13.7. The molecule has 2 atom stereocenters. The summed E-state index contributed by atoms with van der Waals surface area (Å²) >= 11 is 0. The van der Waals surface area contributed by atoms with Gasteiger partial charge in [0.2, 0.25) is 6.73 Å². The second kappa shape index (κ2) is 7.10. The molecule has 28 heavy (non-hydrogen) atoms. The molecule has 1 N–H and O–H groups in total. The number of fused-ring (bicyclic) bond motifs is 5. The highest BCUT2D eigenvalue weighted by Crippen LogP contribution is 2.33. The minimum atomic E-state index is -0.152. The predicted molar refractivity (Wildman–Crippen MR) is 109 cm³/mol. The van der Waals surface area contributed by atoms with Crippen molar-refractivity contribution in [2.45, 2.75) is 45.1 Å². The van der Waals surface area contributed by atoms with Crippen LogP contribution in [0.2, 0.25) is 0 Å². The van der Waals surface area contributed by atoms with Crippen LogP contribution < -0.4 is 15.3 Å². The van der Waals surface area contributed by atoms with Crippen LogP contribution in [-0.4, -0.2) is 13.3 Å². The van der Waals surface area contributed by atoms with Crippen molar-refractivity contribution in [1.82, 2.24) is 0 Å². The van der Waals surface area contributed by atoms with Crippen molar-refractivity contribution in [2.24, 2.45) is 0 Å². The maximum atomic E-state index is 12.6. The summed E-state index contributed by atoms with van der Waals surface area (Å²) in [6.45, 7) is 4.71. The lowest BCUT2D eigenvalue weighted by atomic mass is 9.90. The molecule has 1 aliphatic heterocycles. The van der Waals surface area contributed by atoms with Gasteiger partial charge in [-0.2, -0.15) is 0 Å². The minimum Gasteiger partial charge on any atom is -0.445 e. The first-order valence-corrected chi connectivity index (χ1v) is 10.3. The van der Waals surface area contributed by atoms with Crippen molar-refractivity contribution < 1.29 is 14.1 Å². The van der Waals surface area contributed by atoms with E-state index in [0.29, 0.717) is 12.6 Å². The molecule has 5 rings (SSSR count). The first kappa shape index (κ1) is 17.5. The monoisotopic (exact) mass is 376 g/mol. The number of ether oxygens (including phenoxy) is 1. The van der Waals surface area contributed by atoms with E-state index in [1.165, 1.54) is 16.0 Å². The summed E-state index contributed by atoms with van der Waals surface area (Å²) in [6, 6.07) is 14.7. The fourth-order valence-corrected chi connectivity index (χ4v) is 4.79. The van der Waals surface area contributed by atoms with Crippen molar-refractivity contribution in [1.29, 1.82) is 0 Å². The average Bonchev–Trinajstić information content (AvgIpc) is 2.74.